The molecule has 22 heavy (non-hydrogen) atoms. The fraction of sp³-hybridized carbons (Fsp3) is 0.118. The normalized spacial score (nSPS) is 11.9. The Balaban J connectivity index is 2.00. The van der Waals surface area contributed by atoms with Gasteiger partial charge in [0.1, 0.15) is 0 Å². The molecule has 0 amide bonds. The zero-order chi connectivity index (χ0) is 15.4. The summed E-state index contributed by atoms with van der Waals surface area (Å²) in [6.07, 6.45) is 3.50. The highest BCUT2D eigenvalue weighted by Crippen LogP contribution is 2.25. The Kier molecular flexibility index (Phi) is 4.30. The molecule has 0 spiro atoms. The van der Waals surface area contributed by atoms with E-state index in [1.165, 1.54) is 0 Å². The number of hydrogen-bond acceptors (Lipinski definition) is 4. The van der Waals surface area contributed by atoms with Gasteiger partial charge in [0.05, 0.1) is 11.7 Å². The molecule has 0 aliphatic carbocycles. The summed E-state index contributed by atoms with van der Waals surface area (Å²) in [5, 5.41) is 4.02. The average molecular weight is 311 g/mol. The zero-order valence-corrected chi connectivity index (χ0v) is 12.8. The van der Waals surface area contributed by atoms with E-state index in [0.29, 0.717) is 11.0 Å². The minimum absolute atomic E-state index is 0.165. The minimum atomic E-state index is -0.165. The van der Waals surface area contributed by atoms with E-state index >= 15 is 0 Å². The van der Waals surface area contributed by atoms with Gasteiger partial charge in [-0.3, -0.25) is 4.98 Å². The van der Waals surface area contributed by atoms with Crippen LogP contribution in [0.4, 0.5) is 5.95 Å². The van der Waals surface area contributed by atoms with Gasteiger partial charge in [-0.05, 0) is 42.8 Å². The third kappa shape index (κ3) is 3.40. The smallest absolute Gasteiger partial charge is 0.223 e. The maximum atomic E-state index is 6.13. The van der Waals surface area contributed by atoms with Crippen molar-refractivity contribution in [2.45, 2.75) is 13.0 Å². The number of aromatic nitrogens is 3. The monoisotopic (exact) mass is 310 g/mol. The molecule has 3 aromatic rings. The van der Waals surface area contributed by atoms with Crippen molar-refractivity contribution in [1.29, 1.82) is 0 Å². The van der Waals surface area contributed by atoms with Gasteiger partial charge in [0.25, 0.3) is 0 Å². The summed E-state index contributed by atoms with van der Waals surface area (Å²) in [6.45, 7) is 1.93. The summed E-state index contributed by atoms with van der Waals surface area (Å²) >= 11 is 6.13. The van der Waals surface area contributed by atoms with Gasteiger partial charge in [-0.25, -0.2) is 9.97 Å². The second kappa shape index (κ2) is 6.54. The highest BCUT2D eigenvalue weighted by Gasteiger charge is 2.16. The van der Waals surface area contributed by atoms with Gasteiger partial charge in [0.15, 0.2) is 0 Å². The predicted molar refractivity (Wildman–Crippen MR) is 87.9 cm³/mol. The van der Waals surface area contributed by atoms with E-state index in [1.807, 2.05) is 55.5 Å². The number of nitrogens with one attached hydrogen (secondary N) is 1. The lowest BCUT2D eigenvalue weighted by Crippen LogP contribution is -2.15. The molecule has 0 bridgehead atoms. The number of hydrogen-bond donors (Lipinski definition) is 1. The number of rotatable bonds is 4. The highest BCUT2D eigenvalue weighted by atomic mass is 35.5. The van der Waals surface area contributed by atoms with Gasteiger partial charge in [-0.2, -0.15) is 0 Å². The molecule has 110 valence electrons. The Morgan fingerprint density at radius 3 is 2.64 bits per heavy atom. The van der Waals surface area contributed by atoms with Gasteiger partial charge in [-0.1, -0.05) is 29.8 Å². The molecular weight excluding hydrogens is 296 g/mol. The van der Waals surface area contributed by atoms with Crippen LogP contribution in [-0.4, -0.2) is 15.0 Å². The first-order valence-corrected chi connectivity index (χ1v) is 7.33. The summed E-state index contributed by atoms with van der Waals surface area (Å²) in [4.78, 5) is 13.1. The average Bonchev–Trinajstić information content (AvgIpc) is 2.53. The highest BCUT2D eigenvalue weighted by molar-refractivity contribution is 6.30. The summed E-state index contributed by atoms with van der Waals surface area (Å²) in [5.41, 5.74) is 2.80. The molecule has 1 N–H and O–H groups in total. The van der Waals surface area contributed by atoms with Crippen molar-refractivity contribution in [3.8, 4) is 0 Å². The number of pyridine rings is 1. The molecule has 3 rings (SSSR count). The number of nitrogens with zero attached hydrogens (tertiary/aromatic N) is 3. The lowest BCUT2D eigenvalue weighted by atomic mass is 10.0. The molecular formula is C17H15ClN4. The molecule has 1 atom stereocenters. The molecule has 0 fully saturated rings. The molecule has 0 saturated carbocycles. The van der Waals surface area contributed by atoms with E-state index in [-0.39, 0.29) is 6.04 Å². The molecule has 4 nitrogen and oxygen atoms in total. The van der Waals surface area contributed by atoms with Crippen molar-refractivity contribution in [2.75, 3.05) is 5.32 Å². The van der Waals surface area contributed by atoms with Crippen molar-refractivity contribution in [3.05, 3.63) is 82.9 Å². The Morgan fingerprint density at radius 1 is 1.00 bits per heavy atom. The fourth-order valence-corrected chi connectivity index (χ4v) is 2.41. The quantitative estimate of drug-likeness (QED) is 0.790. The van der Waals surface area contributed by atoms with E-state index in [9.17, 15) is 0 Å². The van der Waals surface area contributed by atoms with Crippen LogP contribution in [0, 0.1) is 6.92 Å². The first-order valence-electron chi connectivity index (χ1n) is 6.95. The summed E-state index contributed by atoms with van der Waals surface area (Å²) in [7, 11) is 0. The number of anilines is 1. The second-order valence-corrected chi connectivity index (χ2v) is 5.35. The van der Waals surface area contributed by atoms with Crippen LogP contribution < -0.4 is 5.32 Å². The molecule has 0 aliphatic rings. The van der Waals surface area contributed by atoms with Crippen LogP contribution in [0.5, 0.6) is 0 Å². The summed E-state index contributed by atoms with van der Waals surface area (Å²) < 4.78 is 0. The number of aryl methyl sites for hydroxylation is 1. The van der Waals surface area contributed by atoms with Crippen LogP contribution in [0.1, 0.15) is 23.0 Å². The molecule has 1 aromatic carbocycles. The van der Waals surface area contributed by atoms with Crippen molar-refractivity contribution in [1.82, 2.24) is 15.0 Å². The Labute approximate surface area is 134 Å². The van der Waals surface area contributed by atoms with Crippen LogP contribution in [0.15, 0.2) is 60.9 Å². The Bertz CT molecular complexity index is 761. The van der Waals surface area contributed by atoms with Gasteiger partial charge in [0, 0.05) is 23.1 Å². The molecule has 0 radical (unpaired) electrons. The first kappa shape index (κ1) is 14.5. The first-order chi connectivity index (χ1) is 10.7. The Hall–Kier alpha value is -2.46. The van der Waals surface area contributed by atoms with Crippen LogP contribution in [0.3, 0.4) is 0 Å². The molecule has 2 aromatic heterocycles. The molecule has 0 aliphatic heterocycles. The molecule has 1 unspecified atom stereocenters. The van der Waals surface area contributed by atoms with Gasteiger partial charge >= 0.3 is 0 Å². The van der Waals surface area contributed by atoms with Crippen molar-refractivity contribution < 1.29 is 0 Å². The SMILES string of the molecule is Cc1ccnc(NC(c2cccc(Cl)c2)c2ccccn2)n1. The number of benzene rings is 1. The van der Waals surface area contributed by atoms with Crippen LogP contribution in [0.2, 0.25) is 5.02 Å². The Morgan fingerprint density at radius 2 is 1.91 bits per heavy atom. The van der Waals surface area contributed by atoms with Crippen LogP contribution in [-0.2, 0) is 0 Å². The second-order valence-electron chi connectivity index (χ2n) is 4.91. The molecule has 5 heteroatoms. The zero-order valence-electron chi connectivity index (χ0n) is 12.1. The summed E-state index contributed by atoms with van der Waals surface area (Å²) in [6, 6.07) is 15.2. The van der Waals surface area contributed by atoms with Crippen molar-refractivity contribution >= 4 is 17.5 Å². The topological polar surface area (TPSA) is 50.7 Å². The van der Waals surface area contributed by atoms with E-state index in [2.05, 4.69) is 20.3 Å². The lowest BCUT2D eigenvalue weighted by molar-refractivity contribution is 0.862. The van der Waals surface area contributed by atoms with E-state index in [1.54, 1.807) is 12.4 Å². The third-order valence-electron chi connectivity index (χ3n) is 3.23. The van der Waals surface area contributed by atoms with Gasteiger partial charge in [-0.15, -0.1) is 0 Å². The van der Waals surface area contributed by atoms with Gasteiger partial charge < -0.3 is 5.32 Å². The maximum absolute atomic E-state index is 6.13. The van der Waals surface area contributed by atoms with Crippen LogP contribution in [0.25, 0.3) is 0 Å². The third-order valence-corrected chi connectivity index (χ3v) is 3.47. The number of halogens is 1. The van der Waals surface area contributed by atoms with Crippen molar-refractivity contribution in [2.24, 2.45) is 0 Å². The maximum Gasteiger partial charge on any atom is 0.223 e. The van der Waals surface area contributed by atoms with E-state index in [4.69, 9.17) is 11.6 Å². The summed E-state index contributed by atoms with van der Waals surface area (Å²) in [5.74, 6) is 0.565. The standard InChI is InChI=1S/C17H15ClN4/c1-12-8-10-20-17(21-12)22-16(15-7-2-3-9-19-15)13-5-4-6-14(18)11-13/h2-11,16H,1H3,(H,20,21,22). The lowest BCUT2D eigenvalue weighted by Gasteiger charge is -2.19. The fourth-order valence-electron chi connectivity index (χ4n) is 2.21. The van der Waals surface area contributed by atoms with E-state index < -0.39 is 0 Å². The minimum Gasteiger partial charge on any atom is -0.342 e. The predicted octanol–water partition coefficient (Wildman–Crippen LogP) is 4.03. The van der Waals surface area contributed by atoms with Crippen molar-refractivity contribution in [3.63, 3.8) is 0 Å². The largest absolute Gasteiger partial charge is 0.342 e. The van der Waals surface area contributed by atoms with E-state index in [0.717, 1.165) is 17.0 Å². The van der Waals surface area contributed by atoms with Gasteiger partial charge in [0.2, 0.25) is 5.95 Å². The molecule has 2 heterocycles. The van der Waals surface area contributed by atoms with Crippen LogP contribution >= 0.6 is 11.6 Å². The molecule has 0 saturated heterocycles.